The maximum absolute atomic E-state index is 11.7. The first kappa shape index (κ1) is 15.5. The molecular formula is C13H17N3O4. The van der Waals surface area contributed by atoms with Crippen molar-refractivity contribution < 1.29 is 19.5 Å². The molecule has 1 aromatic rings. The third-order valence-electron chi connectivity index (χ3n) is 2.62. The summed E-state index contributed by atoms with van der Waals surface area (Å²) in [5.74, 6) is -1.65. The second-order valence-corrected chi connectivity index (χ2v) is 4.47. The predicted molar refractivity (Wildman–Crippen MR) is 73.6 cm³/mol. The van der Waals surface area contributed by atoms with Crippen molar-refractivity contribution in [3.63, 3.8) is 0 Å². The summed E-state index contributed by atoms with van der Waals surface area (Å²) in [5.41, 5.74) is 5.79. The normalized spacial score (nSPS) is 11.5. The van der Waals surface area contributed by atoms with E-state index in [-0.39, 0.29) is 17.7 Å². The molecule has 0 spiro atoms. The molecule has 3 amide bonds. The standard InChI is InChI=1S/C13H17N3O4/c1-7-4-3-5-9(11(7)12(18)19)16-13(20)15-8(2)6-10(14)17/h3-5,8H,6H2,1-2H3,(H2,14,17)(H,18,19)(H2,15,16,20). The van der Waals surface area contributed by atoms with Gasteiger partial charge < -0.3 is 21.5 Å². The van der Waals surface area contributed by atoms with Gasteiger partial charge in [0.15, 0.2) is 0 Å². The van der Waals surface area contributed by atoms with Gasteiger partial charge in [0.1, 0.15) is 0 Å². The molecule has 1 atom stereocenters. The number of hydrogen-bond donors (Lipinski definition) is 4. The molecule has 5 N–H and O–H groups in total. The molecular weight excluding hydrogens is 262 g/mol. The minimum absolute atomic E-state index is 0.00697. The number of rotatable bonds is 5. The van der Waals surface area contributed by atoms with Crippen LogP contribution in [0, 0.1) is 6.92 Å². The topological polar surface area (TPSA) is 122 Å². The highest BCUT2D eigenvalue weighted by Crippen LogP contribution is 2.19. The van der Waals surface area contributed by atoms with Gasteiger partial charge in [-0.05, 0) is 25.5 Å². The molecule has 1 aromatic carbocycles. The van der Waals surface area contributed by atoms with Crippen molar-refractivity contribution in [2.45, 2.75) is 26.3 Å². The van der Waals surface area contributed by atoms with Crippen molar-refractivity contribution in [2.75, 3.05) is 5.32 Å². The van der Waals surface area contributed by atoms with Gasteiger partial charge in [-0.3, -0.25) is 4.79 Å². The Kier molecular flexibility index (Phi) is 5.08. The van der Waals surface area contributed by atoms with Gasteiger partial charge in [0.2, 0.25) is 5.91 Å². The Labute approximate surface area is 116 Å². The molecule has 1 unspecified atom stereocenters. The molecule has 0 fully saturated rings. The van der Waals surface area contributed by atoms with E-state index in [0.29, 0.717) is 5.56 Å². The number of nitrogens with two attached hydrogens (primary N) is 1. The van der Waals surface area contributed by atoms with E-state index in [1.807, 2.05) is 0 Å². The maximum atomic E-state index is 11.7. The number of carboxylic acids is 1. The van der Waals surface area contributed by atoms with Gasteiger partial charge in [-0.25, -0.2) is 9.59 Å². The zero-order valence-electron chi connectivity index (χ0n) is 11.3. The Morgan fingerprint density at radius 2 is 2.00 bits per heavy atom. The van der Waals surface area contributed by atoms with Gasteiger partial charge in [0.25, 0.3) is 0 Å². The number of aryl methyl sites for hydroxylation is 1. The van der Waals surface area contributed by atoms with E-state index < -0.39 is 23.9 Å². The number of carbonyl (C=O) groups is 3. The SMILES string of the molecule is Cc1cccc(NC(=O)NC(C)CC(N)=O)c1C(=O)O. The van der Waals surface area contributed by atoms with Gasteiger partial charge in [-0.2, -0.15) is 0 Å². The van der Waals surface area contributed by atoms with Crippen molar-refractivity contribution in [2.24, 2.45) is 5.73 Å². The molecule has 1 rings (SSSR count). The van der Waals surface area contributed by atoms with Gasteiger partial charge in [0.05, 0.1) is 11.3 Å². The van der Waals surface area contributed by atoms with Crippen LogP contribution in [0.5, 0.6) is 0 Å². The molecule has 0 aliphatic rings. The second kappa shape index (κ2) is 6.55. The van der Waals surface area contributed by atoms with Crippen LogP contribution in [-0.4, -0.2) is 29.1 Å². The number of hydrogen-bond acceptors (Lipinski definition) is 3. The Morgan fingerprint density at radius 3 is 2.55 bits per heavy atom. The number of aromatic carboxylic acids is 1. The summed E-state index contributed by atoms with van der Waals surface area (Å²) in [5, 5.41) is 14.1. The van der Waals surface area contributed by atoms with Crippen molar-refractivity contribution >= 4 is 23.6 Å². The van der Waals surface area contributed by atoms with Crippen LogP contribution < -0.4 is 16.4 Å². The van der Waals surface area contributed by atoms with Gasteiger partial charge in [-0.15, -0.1) is 0 Å². The summed E-state index contributed by atoms with van der Waals surface area (Å²) in [7, 11) is 0. The second-order valence-electron chi connectivity index (χ2n) is 4.47. The number of carbonyl (C=O) groups excluding carboxylic acids is 2. The Hall–Kier alpha value is -2.57. The zero-order chi connectivity index (χ0) is 15.3. The van der Waals surface area contributed by atoms with Crippen LogP contribution in [-0.2, 0) is 4.79 Å². The Balaban J connectivity index is 2.79. The molecule has 0 bridgehead atoms. The van der Waals surface area contributed by atoms with E-state index >= 15 is 0 Å². The fourth-order valence-electron chi connectivity index (χ4n) is 1.79. The molecule has 7 nitrogen and oxygen atoms in total. The predicted octanol–water partition coefficient (Wildman–Crippen LogP) is 1.08. The molecule has 108 valence electrons. The molecule has 0 saturated heterocycles. The minimum Gasteiger partial charge on any atom is -0.478 e. The summed E-state index contributed by atoms with van der Waals surface area (Å²) >= 11 is 0. The number of urea groups is 1. The van der Waals surface area contributed by atoms with E-state index in [0.717, 1.165) is 0 Å². The van der Waals surface area contributed by atoms with Gasteiger partial charge in [0, 0.05) is 12.5 Å². The third-order valence-corrected chi connectivity index (χ3v) is 2.62. The van der Waals surface area contributed by atoms with Gasteiger partial charge in [-0.1, -0.05) is 12.1 Å². The molecule has 0 saturated carbocycles. The van der Waals surface area contributed by atoms with E-state index in [2.05, 4.69) is 10.6 Å². The van der Waals surface area contributed by atoms with E-state index in [4.69, 9.17) is 10.8 Å². The summed E-state index contributed by atoms with van der Waals surface area (Å²) in [6.45, 7) is 3.26. The molecule has 7 heteroatoms. The maximum Gasteiger partial charge on any atom is 0.338 e. The van der Waals surface area contributed by atoms with Crippen molar-refractivity contribution in [3.8, 4) is 0 Å². The lowest BCUT2D eigenvalue weighted by molar-refractivity contribution is -0.118. The zero-order valence-corrected chi connectivity index (χ0v) is 11.3. The summed E-state index contributed by atoms with van der Waals surface area (Å²) in [6, 6.07) is 3.75. The largest absolute Gasteiger partial charge is 0.478 e. The first-order valence-electron chi connectivity index (χ1n) is 6.00. The van der Waals surface area contributed by atoms with Crippen LogP contribution in [0.25, 0.3) is 0 Å². The third kappa shape index (κ3) is 4.27. The van der Waals surface area contributed by atoms with Crippen LogP contribution in [0.3, 0.4) is 0 Å². The number of benzene rings is 1. The molecule has 20 heavy (non-hydrogen) atoms. The number of carboxylic acid groups (broad SMARTS) is 1. The lowest BCUT2D eigenvalue weighted by atomic mass is 10.1. The summed E-state index contributed by atoms with van der Waals surface area (Å²) < 4.78 is 0. The molecule has 0 radical (unpaired) electrons. The first-order chi connectivity index (χ1) is 9.31. The Bertz CT molecular complexity index is 542. The monoisotopic (exact) mass is 279 g/mol. The molecule has 0 aliphatic carbocycles. The van der Waals surface area contributed by atoms with Gasteiger partial charge >= 0.3 is 12.0 Å². The fourth-order valence-corrected chi connectivity index (χ4v) is 1.79. The highest BCUT2D eigenvalue weighted by atomic mass is 16.4. The van der Waals surface area contributed by atoms with E-state index in [9.17, 15) is 14.4 Å². The molecule has 0 heterocycles. The number of nitrogens with one attached hydrogen (secondary N) is 2. The lowest BCUT2D eigenvalue weighted by Crippen LogP contribution is -2.38. The molecule has 0 aromatic heterocycles. The van der Waals surface area contributed by atoms with Crippen LogP contribution in [0.4, 0.5) is 10.5 Å². The summed E-state index contributed by atoms with van der Waals surface area (Å²) in [4.78, 5) is 33.6. The van der Waals surface area contributed by atoms with Crippen LogP contribution in [0.2, 0.25) is 0 Å². The van der Waals surface area contributed by atoms with E-state index in [1.54, 1.807) is 26.0 Å². The quantitative estimate of drug-likeness (QED) is 0.644. The average molecular weight is 279 g/mol. The van der Waals surface area contributed by atoms with Crippen LogP contribution in [0.1, 0.15) is 29.3 Å². The number of amides is 3. The minimum atomic E-state index is -1.12. The van der Waals surface area contributed by atoms with Crippen molar-refractivity contribution in [1.29, 1.82) is 0 Å². The van der Waals surface area contributed by atoms with Crippen molar-refractivity contribution in [3.05, 3.63) is 29.3 Å². The Morgan fingerprint density at radius 1 is 1.35 bits per heavy atom. The smallest absolute Gasteiger partial charge is 0.338 e. The van der Waals surface area contributed by atoms with Crippen LogP contribution in [0.15, 0.2) is 18.2 Å². The van der Waals surface area contributed by atoms with E-state index in [1.165, 1.54) is 6.07 Å². The molecule has 0 aliphatic heterocycles. The highest BCUT2D eigenvalue weighted by molar-refractivity contribution is 6.01. The van der Waals surface area contributed by atoms with Crippen LogP contribution >= 0.6 is 0 Å². The lowest BCUT2D eigenvalue weighted by Gasteiger charge is -2.15. The van der Waals surface area contributed by atoms with Crippen molar-refractivity contribution in [1.82, 2.24) is 5.32 Å². The average Bonchev–Trinajstić information content (AvgIpc) is 2.26. The summed E-state index contributed by atoms with van der Waals surface area (Å²) in [6.07, 6.45) is 0.00697. The number of primary amides is 1. The highest BCUT2D eigenvalue weighted by Gasteiger charge is 2.16. The first-order valence-corrected chi connectivity index (χ1v) is 6.00. The number of anilines is 1. The fraction of sp³-hybridized carbons (Fsp3) is 0.308.